The summed E-state index contributed by atoms with van der Waals surface area (Å²) in [6.07, 6.45) is 4.80. The van der Waals surface area contributed by atoms with Gasteiger partial charge in [-0.1, -0.05) is 45.0 Å². The first-order valence-corrected chi connectivity index (χ1v) is 15.2. The highest BCUT2D eigenvalue weighted by Gasteiger charge is 2.30. The van der Waals surface area contributed by atoms with Gasteiger partial charge in [0.1, 0.15) is 23.2 Å². The number of fused-ring (bicyclic) bond motifs is 1. The zero-order valence-electron chi connectivity index (χ0n) is 26.2. The van der Waals surface area contributed by atoms with Crippen molar-refractivity contribution in [3.63, 3.8) is 0 Å². The van der Waals surface area contributed by atoms with E-state index in [1.807, 2.05) is 43.4 Å². The molecule has 2 aromatic carbocycles. The number of carbonyl (C=O) groups is 2. The van der Waals surface area contributed by atoms with Gasteiger partial charge in [-0.05, 0) is 91.7 Å². The molecule has 44 heavy (non-hydrogen) atoms. The van der Waals surface area contributed by atoms with Crippen molar-refractivity contribution in [3.8, 4) is 5.75 Å². The Morgan fingerprint density at radius 3 is 2.45 bits per heavy atom. The zero-order valence-corrected chi connectivity index (χ0v) is 26.2. The van der Waals surface area contributed by atoms with Crippen LogP contribution in [0.4, 0.5) is 10.5 Å². The van der Waals surface area contributed by atoms with Gasteiger partial charge in [0.2, 0.25) is 0 Å². The first-order chi connectivity index (χ1) is 20.9. The SMILES string of the molecule is CNC(=O)c1cc(NC(=O)N[C@H]2CC[C@@H](Oc3ccc(=N)n(C(=N)[C@@H]4CCCN4C)c3)c3ccccc32)cc(C(C)(C)C)c1.[HH].[HH].[HH]. The van der Waals surface area contributed by atoms with E-state index in [0.717, 1.165) is 36.1 Å². The minimum atomic E-state index is -0.347. The number of hydrogen-bond acceptors (Lipinski definition) is 6. The summed E-state index contributed by atoms with van der Waals surface area (Å²) >= 11 is 0. The van der Waals surface area contributed by atoms with Gasteiger partial charge >= 0.3 is 6.03 Å². The van der Waals surface area contributed by atoms with E-state index < -0.39 is 0 Å². The van der Waals surface area contributed by atoms with Crippen LogP contribution < -0.4 is 26.2 Å². The van der Waals surface area contributed by atoms with E-state index in [0.29, 0.717) is 35.7 Å². The molecule has 1 aliphatic carbocycles. The van der Waals surface area contributed by atoms with E-state index in [-0.39, 0.29) is 45.3 Å². The second kappa shape index (κ2) is 12.7. The highest BCUT2D eigenvalue weighted by atomic mass is 16.5. The lowest BCUT2D eigenvalue weighted by molar-refractivity contribution is 0.0963. The highest BCUT2D eigenvalue weighted by molar-refractivity contribution is 5.97. The van der Waals surface area contributed by atoms with Crippen LogP contribution in [0.5, 0.6) is 5.75 Å². The molecule has 0 saturated carbocycles. The number of benzene rings is 2. The van der Waals surface area contributed by atoms with E-state index >= 15 is 0 Å². The van der Waals surface area contributed by atoms with Crippen LogP contribution in [0.1, 0.15) is 89.9 Å². The van der Waals surface area contributed by atoms with Crippen molar-refractivity contribution in [3.05, 3.63) is 88.5 Å². The number of amides is 3. The fourth-order valence-corrected chi connectivity index (χ4v) is 6.09. The number of hydrogen-bond donors (Lipinski definition) is 5. The van der Waals surface area contributed by atoms with Crippen molar-refractivity contribution >= 4 is 23.5 Å². The van der Waals surface area contributed by atoms with Crippen LogP contribution in [0.25, 0.3) is 0 Å². The summed E-state index contributed by atoms with van der Waals surface area (Å²) in [5, 5.41) is 25.9. The van der Waals surface area contributed by atoms with Crippen LogP contribution in [0, 0.1) is 10.8 Å². The molecule has 5 N–H and O–H groups in total. The normalized spacial score (nSPS) is 20.0. The summed E-state index contributed by atoms with van der Waals surface area (Å²) in [6.45, 7) is 7.15. The molecule has 1 fully saturated rings. The van der Waals surface area contributed by atoms with Crippen LogP contribution in [-0.4, -0.2) is 53.9 Å². The molecule has 1 saturated heterocycles. The first-order valence-electron chi connectivity index (χ1n) is 15.2. The molecule has 3 atom stereocenters. The minimum Gasteiger partial charge on any atom is -0.484 e. The van der Waals surface area contributed by atoms with Gasteiger partial charge in [-0.2, -0.15) is 0 Å². The number of pyridine rings is 1. The van der Waals surface area contributed by atoms with Gasteiger partial charge in [0.25, 0.3) is 5.91 Å². The lowest BCUT2D eigenvalue weighted by atomic mass is 9.85. The third-order valence-corrected chi connectivity index (χ3v) is 8.58. The molecule has 10 nitrogen and oxygen atoms in total. The van der Waals surface area contributed by atoms with Crippen molar-refractivity contribution in [2.75, 3.05) is 26.0 Å². The Hall–Kier alpha value is -4.44. The number of likely N-dealkylation sites (N-methyl/N-ethyl adjacent to an activating group) is 1. The standard InChI is InChI=1S/C34H43N7O3.3H2/c1-34(2,3)22-17-21(32(42)37-4)18-23(19-22)38-33(43)39-27-13-14-29(26-10-7-6-9-25(26)27)44-24-12-15-30(35)41(20-24)31(36)28-11-8-16-40(28)5;;;/h6-7,9-10,12,15,17-20,27-29,35-36H,8,11,13-14,16H2,1-5H3,(H,37,42)(H2,38,39,43);3*1H/t27-,28-,29+;;;/m0.../s1. The Bertz CT molecular complexity index is 1640. The van der Waals surface area contributed by atoms with Crippen LogP contribution >= 0.6 is 0 Å². The Labute approximate surface area is 263 Å². The summed E-state index contributed by atoms with van der Waals surface area (Å²) in [5.41, 5.74) is 4.01. The number of ether oxygens (including phenoxy) is 1. The quantitative estimate of drug-likeness (QED) is 0.173. The Morgan fingerprint density at radius 1 is 1.02 bits per heavy atom. The average molecular weight is 604 g/mol. The smallest absolute Gasteiger partial charge is 0.319 e. The number of anilines is 1. The Morgan fingerprint density at radius 2 is 1.77 bits per heavy atom. The van der Waals surface area contributed by atoms with E-state index in [2.05, 4.69) is 41.6 Å². The lowest BCUT2D eigenvalue weighted by Crippen LogP contribution is -2.40. The lowest BCUT2D eigenvalue weighted by Gasteiger charge is -2.32. The van der Waals surface area contributed by atoms with Crippen molar-refractivity contribution in [1.82, 2.24) is 20.1 Å². The van der Waals surface area contributed by atoms with Crippen LogP contribution in [-0.2, 0) is 5.41 Å². The molecule has 5 rings (SSSR count). The number of likely N-dealkylation sites (tertiary alicyclic amines) is 1. The van der Waals surface area contributed by atoms with Crippen LogP contribution in [0.3, 0.4) is 0 Å². The maximum absolute atomic E-state index is 13.2. The van der Waals surface area contributed by atoms with Crippen molar-refractivity contribution < 1.29 is 18.6 Å². The summed E-state index contributed by atoms with van der Waals surface area (Å²) in [7, 11) is 3.61. The average Bonchev–Trinajstić information content (AvgIpc) is 3.43. The summed E-state index contributed by atoms with van der Waals surface area (Å²) in [5.74, 6) is 0.772. The van der Waals surface area contributed by atoms with Gasteiger partial charge in [0, 0.05) is 22.6 Å². The van der Waals surface area contributed by atoms with Gasteiger partial charge in [0.05, 0.1) is 18.3 Å². The third kappa shape index (κ3) is 6.70. The topological polar surface area (TPSA) is 135 Å². The molecule has 3 amide bonds. The molecule has 3 aromatic rings. The van der Waals surface area contributed by atoms with E-state index in [1.54, 1.807) is 36.0 Å². The van der Waals surface area contributed by atoms with Crippen molar-refractivity contribution in [1.29, 1.82) is 10.8 Å². The number of nitrogens with one attached hydrogen (secondary N) is 5. The molecule has 0 bridgehead atoms. The monoisotopic (exact) mass is 603 g/mol. The third-order valence-electron chi connectivity index (χ3n) is 8.58. The number of urea groups is 1. The molecular weight excluding hydrogens is 554 g/mol. The maximum atomic E-state index is 13.2. The molecule has 0 radical (unpaired) electrons. The minimum absolute atomic E-state index is 0. The van der Waals surface area contributed by atoms with E-state index in [9.17, 15) is 9.59 Å². The highest BCUT2D eigenvalue weighted by Crippen LogP contribution is 2.39. The van der Waals surface area contributed by atoms with Gasteiger partial charge in [0.15, 0.2) is 0 Å². The molecule has 0 unspecified atom stereocenters. The second-order valence-electron chi connectivity index (χ2n) is 12.7. The molecule has 2 heterocycles. The fourth-order valence-electron chi connectivity index (χ4n) is 6.09. The molecule has 10 heteroatoms. The summed E-state index contributed by atoms with van der Waals surface area (Å²) < 4.78 is 8.08. The Balaban J connectivity index is 0.00000256. The largest absolute Gasteiger partial charge is 0.484 e. The number of nitrogens with zero attached hydrogens (tertiary/aromatic N) is 2. The summed E-state index contributed by atoms with van der Waals surface area (Å²) in [4.78, 5) is 27.8. The predicted octanol–water partition coefficient (Wildman–Crippen LogP) is 6.06. The van der Waals surface area contributed by atoms with Gasteiger partial charge in [-0.3, -0.25) is 25.1 Å². The van der Waals surface area contributed by atoms with Crippen molar-refractivity contribution in [2.45, 2.75) is 70.1 Å². The van der Waals surface area contributed by atoms with Gasteiger partial charge in [-0.15, -0.1) is 0 Å². The Kier molecular flexibility index (Phi) is 8.92. The van der Waals surface area contributed by atoms with Crippen molar-refractivity contribution in [2.24, 2.45) is 0 Å². The fraction of sp³-hybridized carbons (Fsp3) is 0.412. The molecule has 238 valence electrons. The number of rotatable bonds is 6. The second-order valence-corrected chi connectivity index (χ2v) is 12.7. The van der Waals surface area contributed by atoms with Crippen LogP contribution in [0.2, 0.25) is 0 Å². The molecule has 0 spiro atoms. The van der Waals surface area contributed by atoms with Gasteiger partial charge in [-0.25, -0.2) is 4.79 Å². The molecule has 2 aliphatic rings. The summed E-state index contributed by atoms with van der Waals surface area (Å²) in [6, 6.07) is 16.3. The molecule has 1 aromatic heterocycles. The number of aromatic nitrogens is 1. The first kappa shape index (κ1) is 31.0. The molecule has 1 aliphatic heterocycles. The maximum Gasteiger partial charge on any atom is 0.319 e. The number of carbonyl (C=O) groups excluding carboxylic acids is 2. The zero-order chi connectivity index (χ0) is 31.6. The van der Waals surface area contributed by atoms with E-state index in [4.69, 9.17) is 15.6 Å². The molecular formula is C34H49N7O3. The van der Waals surface area contributed by atoms with E-state index in [1.165, 1.54) is 0 Å². The predicted molar refractivity (Wildman–Crippen MR) is 178 cm³/mol. The van der Waals surface area contributed by atoms with Gasteiger partial charge < -0.3 is 20.7 Å². The van der Waals surface area contributed by atoms with Crippen LogP contribution in [0.15, 0.2) is 60.8 Å².